The van der Waals surface area contributed by atoms with E-state index in [0.29, 0.717) is 15.7 Å². The first kappa shape index (κ1) is 17.6. The Bertz CT molecular complexity index is 955. The minimum absolute atomic E-state index is 0.533. The molecule has 26 heavy (non-hydrogen) atoms. The molecule has 0 saturated carbocycles. The summed E-state index contributed by atoms with van der Waals surface area (Å²) in [5, 5.41) is 2.33. The van der Waals surface area contributed by atoms with Crippen LogP contribution in [0.5, 0.6) is 0 Å². The van der Waals surface area contributed by atoms with Crippen molar-refractivity contribution in [2.75, 3.05) is 32.0 Å². The summed E-state index contributed by atoms with van der Waals surface area (Å²) < 4.78 is 5.46. The second kappa shape index (κ2) is 7.41. The van der Waals surface area contributed by atoms with E-state index in [4.69, 9.17) is 38.7 Å². The molecule has 1 fully saturated rings. The lowest BCUT2D eigenvalue weighted by Crippen LogP contribution is -2.35. The highest BCUT2D eigenvalue weighted by molar-refractivity contribution is 6.33. The van der Waals surface area contributed by atoms with Gasteiger partial charge in [0.15, 0.2) is 0 Å². The fraction of sp³-hybridized carbons (Fsp3) is 0.250. The molecule has 1 aliphatic rings. The number of anilines is 1. The summed E-state index contributed by atoms with van der Waals surface area (Å²) in [5.74, 6) is 0. The Kier molecular flexibility index (Phi) is 5.00. The Labute approximate surface area is 162 Å². The number of morpholine rings is 1. The molecule has 2 N–H and O–H groups in total. The van der Waals surface area contributed by atoms with Gasteiger partial charge in [-0.15, -0.1) is 0 Å². The zero-order valence-corrected chi connectivity index (χ0v) is 15.7. The number of benzene rings is 2. The predicted molar refractivity (Wildman–Crippen MR) is 108 cm³/mol. The maximum atomic E-state index is 6.21. The van der Waals surface area contributed by atoms with E-state index in [9.17, 15) is 0 Å². The van der Waals surface area contributed by atoms with Gasteiger partial charge in [-0.1, -0.05) is 35.3 Å². The summed E-state index contributed by atoms with van der Waals surface area (Å²) in [6, 6.07) is 13.6. The molecule has 0 radical (unpaired) electrons. The normalized spacial score (nSPS) is 15.5. The third kappa shape index (κ3) is 3.64. The fourth-order valence-electron chi connectivity index (χ4n) is 3.24. The van der Waals surface area contributed by atoms with Crippen LogP contribution in [0.4, 0.5) is 5.69 Å². The van der Waals surface area contributed by atoms with Gasteiger partial charge in [0, 0.05) is 35.6 Å². The highest BCUT2D eigenvalue weighted by Crippen LogP contribution is 2.30. The lowest BCUT2D eigenvalue weighted by molar-refractivity contribution is 0.0344. The van der Waals surface area contributed by atoms with Crippen molar-refractivity contribution in [1.82, 2.24) is 9.88 Å². The van der Waals surface area contributed by atoms with Gasteiger partial charge in [-0.05, 0) is 35.9 Å². The number of pyridine rings is 1. The van der Waals surface area contributed by atoms with Gasteiger partial charge in [-0.25, -0.2) is 4.98 Å². The Morgan fingerprint density at radius 2 is 1.85 bits per heavy atom. The van der Waals surface area contributed by atoms with E-state index >= 15 is 0 Å². The van der Waals surface area contributed by atoms with Gasteiger partial charge in [0.25, 0.3) is 0 Å². The summed E-state index contributed by atoms with van der Waals surface area (Å²) in [4.78, 5) is 7.20. The smallest absolute Gasteiger partial charge is 0.0727 e. The number of nitrogen functional groups attached to an aromatic ring is 1. The Balaban J connectivity index is 1.81. The summed E-state index contributed by atoms with van der Waals surface area (Å²) >= 11 is 12.4. The first-order valence-corrected chi connectivity index (χ1v) is 9.30. The van der Waals surface area contributed by atoms with Crippen molar-refractivity contribution in [2.24, 2.45) is 0 Å². The summed E-state index contributed by atoms with van der Waals surface area (Å²) in [6.45, 7) is 4.26. The van der Waals surface area contributed by atoms with Crippen LogP contribution in [0.15, 0.2) is 42.5 Å². The predicted octanol–water partition coefficient (Wildman–Crippen LogP) is 4.62. The summed E-state index contributed by atoms with van der Waals surface area (Å²) in [5.41, 5.74) is 10.3. The number of hydrogen-bond donors (Lipinski definition) is 1. The van der Waals surface area contributed by atoms with E-state index in [1.165, 1.54) is 5.56 Å². The first-order valence-electron chi connectivity index (χ1n) is 8.55. The van der Waals surface area contributed by atoms with Gasteiger partial charge >= 0.3 is 0 Å². The number of ether oxygens (including phenoxy) is 1. The molecule has 0 atom stereocenters. The third-order valence-corrected chi connectivity index (χ3v) is 5.21. The van der Waals surface area contributed by atoms with Crippen molar-refractivity contribution in [2.45, 2.75) is 6.54 Å². The number of hydrogen-bond acceptors (Lipinski definition) is 4. The molecule has 134 valence electrons. The Morgan fingerprint density at radius 3 is 2.62 bits per heavy atom. The number of nitrogens with zero attached hydrogens (tertiary/aromatic N) is 2. The molecular formula is C20H19Cl2N3O. The molecule has 2 heterocycles. The van der Waals surface area contributed by atoms with Crippen molar-refractivity contribution in [1.29, 1.82) is 0 Å². The van der Waals surface area contributed by atoms with Crippen molar-refractivity contribution in [3.8, 4) is 11.3 Å². The van der Waals surface area contributed by atoms with Gasteiger partial charge in [0.1, 0.15) is 0 Å². The van der Waals surface area contributed by atoms with Crippen LogP contribution in [0.1, 0.15) is 5.56 Å². The minimum Gasteiger partial charge on any atom is -0.398 e. The molecule has 1 saturated heterocycles. The number of nitrogens with two attached hydrogens (primary N) is 1. The molecule has 0 spiro atoms. The van der Waals surface area contributed by atoms with E-state index < -0.39 is 0 Å². The Morgan fingerprint density at radius 1 is 1.04 bits per heavy atom. The summed E-state index contributed by atoms with van der Waals surface area (Å²) in [6.07, 6.45) is 0. The molecule has 1 aliphatic heterocycles. The largest absolute Gasteiger partial charge is 0.398 e. The highest BCUT2D eigenvalue weighted by Gasteiger charge is 2.15. The molecule has 1 aromatic heterocycles. The van der Waals surface area contributed by atoms with Gasteiger partial charge in [0.05, 0.1) is 35.1 Å². The van der Waals surface area contributed by atoms with Crippen LogP contribution in [-0.4, -0.2) is 36.2 Å². The second-order valence-corrected chi connectivity index (χ2v) is 7.30. The SMILES string of the molecule is Nc1ccc(-c2cc(CN3CCOCC3)c3ccc(Cl)cc3n2)cc1Cl. The average molecular weight is 388 g/mol. The molecule has 6 heteroatoms. The summed E-state index contributed by atoms with van der Waals surface area (Å²) in [7, 11) is 0. The van der Waals surface area contributed by atoms with E-state index in [1.54, 1.807) is 0 Å². The van der Waals surface area contributed by atoms with Gasteiger partial charge in [0.2, 0.25) is 0 Å². The molecule has 0 amide bonds. The lowest BCUT2D eigenvalue weighted by Gasteiger charge is -2.27. The molecule has 0 aliphatic carbocycles. The van der Waals surface area contributed by atoms with E-state index in [-0.39, 0.29) is 0 Å². The Hall–Kier alpha value is -1.85. The van der Waals surface area contributed by atoms with Crippen molar-refractivity contribution >= 4 is 39.8 Å². The van der Waals surface area contributed by atoms with Crippen LogP contribution in [0.3, 0.4) is 0 Å². The average Bonchev–Trinajstić information content (AvgIpc) is 2.64. The minimum atomic E-state index is 0.533. The van der Waals surface area contributed by atoms with Crippen LogP contribution in [0, 0.1) is 0 Å². The number of rotatable bonds is 3. The number of halogens is 2. The highest BCUT2D eigenvalue weighted by atomic mass is 35.5. The second-order valence-electron chi connectivity index (χ2n) is 6.45. The van der Waals surface area contributed by atoms with Crippen LogP contribution in [0.2, 0.25) is 10.0 Å². The molecule has 4 nitrogen and oxygen atoms in total. The quantitative estimate of drug-likeness (QED) is 0.665. The van der Waals surface area contributed by atoms with Gasteiger partial charge in [-0.2, -0.15) is 0 Å². The number of fused-ring (bicyclic) bond motifs is 1. The van der Waals surface area contributed by atoms with Crippen molar-refractivity contribution in [3.63, 3.8) is 0 Å². The maximum absolute atomic E-state index is 6.21. The van der Waals surface area contributed by atoms with Crippen molar-refractivity contribution < 1.29 is 4.74 Å². The standard InChI is InChI=1S/C20H19Cl2N3O/c21-15-2-3-16-14(12-25-5-7-26-8-6-25)10-19(24-20(16)11-15)13-1-4-18(23)17(22)9-13/h1-4,9-11H,5-8,12,23H2. The van der Waals surface area contributed by atoms with Crippen LogP contribution >= 0.6 is 23.2 Å². The third-order valence-electron chi connectivity index (χ3n) is 4.65. The molecule has 2 aromatic carbocycles. The van der Waals surface area contributed by atoms with Crippen LogP contribution in [-0.2, 0) is 11.3 Å². The molecule has 3 aromatic rings. The number of aromatic nitrogens is 1. The molecule has 0 unspecified atom stereocenters. The van der Waals surface area contributed by atoms with Gasteiger partial charge in [-0.3, -0.25) is 4.90 Å². The fourth-order valence-corrected chi connectivity index (χ4v) is 3.59. The molecule has 0 bridgehead atoms. The maximum Gasteiger partial charge on any atom is 0.0727 e. The zero-order chi connectivity index (χ0) is 18.1. The van der Waals surface area contributed by atoms with Gasteiger partial charge < -0.3 is 10.5 Å². The van der Waals surface area contributed by atoms with E-state index in [1.807, 2.05) is 36.4 Å². The lowest BCUT2D eigenvalue weighted by atomic mass is 10.0. The van der Waals surface area contributed by atoms with E-state index in [0.717, 1.165) is 55.0 Å². The van der Waals surface area contributed by atoms with Crippen LogP contribution < -0.4 is 5.73 Å². The van der Waals surface area contributed by atoms with Crippen molar-refractivity contribution in [3.05, 3.63) is 58.1 Å². The first-order chi connectivity index (χ1) is 12.6. The molecular weight excluding hydrogens is 369 g/mol. The monoisotopic (exact) mass is 387 g/mol. The zero-order valence-electron chi connectivity index (χ0n) is 14.2. The molecule has 4 rings (SSSR count). The topological polar surface area (TPSA) is 51.4 Å². The van der Waals surface area contributed by atoms with E-state index in [2.05, 4.69) is 11.0 Å². The van der Waals surface area contributed by atoms with Crippen LogP contribution in [0.25, 0.3) is 22.2 Å².